The fourth-order valence-electron chi connectivity index (χ4n) is 3.27. The lowest BCUT2D eigenvalue weighted by molar-refractivity contribution is -0.139. The number of sulfonamides is 1. The molecule has 0 radical (unpaired) electrons. The van der Waals surface area contributed by atoms with Crippen molar-refractivity contribution in [3.8, 4) is 0 Å². The summed E-state index contributed by atoms with van der Waals surface area (Å²) in [6.45, 7) is -0.576. The topological polar surface area (TPSA) is 71.5 Å². The molecule has 0 spiro atoms. The van der Waals surface area contributed by atoms with E-state index in [9.17, 15) is 30.0 Å². The first-order chi connectivity index (χ1) is 13.0. The van der Waals surface area contributed by atoms with Crippen LogP contribution in [0, 0.1) is 0 Å². The predicted molar refractivity (Wildman–Crippen MR) is 97.8 cm³/mol. The zero-order chi connectivity index (χ0) is 20.6. The van der Waals surface area contributed by atoms with Crippen molar-refractivity contribution in [2.24, 2.45) is 0 Å². The minimum Gasteiger partial charge on any atom is -0.228 e. The summed E-state index contributed by atoms with van der Waals surface area (Å²) in [5.74, 6) is -0.458. The molecular weight excluding hydrogens is 415 g/mol. The van der Waals surface area contributed by atoms with E-state index < -0.39 is 47.5 Å². The fraction of sp³-hybridized carbons (Fsp3) is 0.333. The molecule has 0 amide bonds. The Kier molecular flexibility index (Phi) is 5.57. The van der Waals surface area contributed by atoms with Crippen LogP contribution < -0.4 is 0 Å². The van der Waals surface area contributed by atoms with Gasteiger partial charge in [0.05, 0.1) is 21.5 Å². The van der Waals surface area contributed by atoms with Crippen LogP contribution in [0.15, 0.2) is 59.5 Å². The Hall–Kier alpha value is -1.91. The van der Waals surface area contributed by atoms with Crippen LogP contribution in [0.2, 0.25) is 0 Å². The average Bonchev–Trinajstić information content (AvgIpc) is 2.80. The van der Waals surface area contributed by atoms with Gasteiger partial charge in [-0.1, -0.05) is 42.5 Å². The lowest BCUT2D eigenvalue weighted by Crippen LogP contribution is -2.34. The minimum atomic E-state index is -4.84. The number of alkyl halides is 3. The van der Waals surface area contributed by atoms with Gasteiger partial charge in [-0.3, -0.25) is 0 Å². The second-order valence-electron chi connectivity index (χ2n) is 6.45. The van der Waals surface area contributed by atoms with Gasteiger partial charge in [0.2, 0.25) is 10.0 Å². The van der Waals surface area contributed by atoms with Crippen LogP contribution in [0.25, 0.3) is 0 Å². The maximum atomic E-state index is 13.3. The summed E-state index contributed by atoms with van der Waals surface area (Å²) < 4.78 is 91.7. The smallest absolute Gasteiger partial charge is 0.228 e. The van der Waals surface area contributed by atoms with Crippen LogP contribution in [-0.4, -0.2) is 40.0 Å². The van der Waals surface area contributed by atoms with Gasteiger partial charge in [0.1, 0.15) is 0 Å². The molecule has 1 atom stereocenters. The van der Waals surface area contributed by atoms with Gasteiger partial charge < -0.3 is 0 Å². The quantitative estimate of drug-likeness (QED) is 0.745. The van der Waals surface area contributed by atoms with Gasteiger partial charge in [0.25, 0.3) is 0 Å². The van der Waals surface area contributed by atoms with Gasteiger partial charge in [-0.25, -0.2) is 16.8 Å². The molecule has 0 aliphatic carbocycles. The molecule has 0 aromatic heterocycles. The van der Waals surface area contributed by atoms with E-state index in [1.807, 2.05) is 0 Å². The predicted octanol–water partition coefficient (Wildman–Crippen LogP) is 3.26. The van der Waals surface area contributed by atoms with E-state index in [1.165, 1.54) is 6.07 Å². The molecule has 2 aromatic rings. The molecule has 1 heterocycles. The van der Waals surface area contributed by atoms with Gasteiger partial charge in [0, 0.05) is 13.1 Å². The van der Waals surface area contributed by atoms with E-state index in [4.69, 9.17) is 0 Å². The molecular formula is C18H18F3NO4S2. The van der Waals surface area contributed by atoms with Crippen LogP contribution in [0.3, 0.4) is 0 Å². The van der Waals surface area contributed by atoms with E-state index in [-0.39, 0.29) is 19.5 Å². The van der Waals surface area contributed by atoms with Crippen LogP contribution in [-0.2, 0) is 26.0 Å². The molecule has 1 saturated heterocycles. The molecule has 2 aromatic carbocycles. The molecule has 5 nitrogen and oxygen atoms in total. The first kappa shape index (κ1) is 20.8. The Morgan fingerprint density at radius 3 is 2.18 bits per heavy atom. The highest BCUT2D eigenvalue weighted by molar-refractivity contribution is 7.92. The van der Waals surface area contributed by atoms with Crippen molar-refractivity contribution < 1.29 is 30.0 Å². The molecule has 1 fully saturated rings. The minimum absolute atomic E-state index is 0.0280. The second kappa shape index (κ2) is 7.49. The molecule has 0 saturated carbocycles. The van der Waals surface area contributed by atoms with E-state index in [1.54, 1.807) is 30.3 Å². The maximum Gasteiger partial charge on any atom is 0.417 e. The molecule has 0 unspecified atom stereocenters. The number of rotatable bonds is 3. The molecule has 28 heavy (non-hydrogen) atoms. The van der Waals surface area contributed by atoms with Gasteiger partial charge in [-0.15, -0.1) is 0 Å². The Bertz CT molecular complexity index is 1050. The van der Waals surface area contributed by atoms with E-state index in [0.717, 1.165) is 16.4 Å². The van der Waals surface area contributed by atoms with Crippen molar-refractivity contribution in [3.05, 3.63) is 65.7 Å². The van der Waals surface area contributed by atoms with Gasteiger partial charge in [-0.05, 0) is 24.1 Å². The Labute approximate surface area is 161 Å². The van der Waals surface area contributed by atoms with Gasteiger partial charge in [-0.2, -0.15) is 17.5 Å². The van der Waals surface area contributed by atoms with E-state index >= 15 is 0 Å². The van der Waals surface area contributed by atoms with Crippen LogP contribution in [0.5, 0.6) is 0 Å². The highest BCUT2D eigenvalue weighted by Gasteiger charge is 2.41. The summed E-state index contributed by atoms with van der Waals surface area (Å²) in [4.78, 5) is -0.863. The first-order valence-corrected chi connectivity index (χ1v) is 11.6. The van der Waals surface area contributed by atoms with Crippen LogP contribution in [0.4, 0.5) is 13.2 Å². The van der Waals surface area contributed by atoms with Crippen LogP contribution >= 0.6 is 0 Å². The molecule has 152 valence electrons. The summed E-state index contributed by atoms with van der Waals surface area (Å²) >= 11 is 0. The van der Waals surface area contributed by atoms with Crippen molar-refractivity contribution in [3.63, 3.8) is 0 Å². The molecule has 1 aliphatic heterocycles. The standard InChI is InChI=1S/C18H18F3NO4S2/c19-18(20,21)15-8-4-5-9-17(15)28(25,26)22-11-10-16(27(23,24)13-12-22)14-6-2-1-3-7-14/h1-9,16H,10-13H2/t16-/m1/s1. The molecule has 10 heteroatoms. The highest BCUT2D eigenvalue weighted by Crippen LogP contribution is 2.36. The molecule has 1 aliphatic rings. The lowest BCUT2D eigenvalue weighted by atomic mass is 10.1. The number of hydrogen-bond donors (Lipinski definition) is 0. The van der Waals surface area contributed by atoms with Crippen molar-refractivity contribution in [2.75, 3.05) is 18.8 Å². The van der Waals surface area contributed by atoms with E-state index in [0.29, 0.717) is 11.6 Å². The van der Waals surface area contributed by atoms with Crippen molar-refractivity contribution in [2.45, 2.75) is 22.7 Å². The third-order valence-electron chi connectivity index (χ3n) is 4.68. The molecule has 0 N–H and O–H groups in total. The van der Waals surface area contributed by atoms with Crippen LogP contribution in [0.1, 0.15) is 22.8 Å². The Balaban J connectivity index is 1.96. The van der Waals surface area contributed by atoms with E-state index in [2.05, 4.69) is 0 Å². The summed E-state index contributed by atoms with van der Waals surface area (Å²) in [7, 11) is -8.16. The Morgan fingerprint density at radius 1 is 0.929 bits per heavy atom. The second-order valence-corrected chi connectivity index (χ2v) is 10.7. The number of hydrogen-bond acceptors (Lipinski definition) is 4. The summed E-state index contributed by atoms with van der Waals surface area (Å²) in [5.41, 5.74) is -0.723. The fourth-order valence-corrected chi connectivity index (χ4v) is 6.85. The number of benzene rings is 2. The highest BCUT2D eigenvalue weighted by atomic mass is 32.2. The van der Waals surface area contributed by atoms with Gasteiger partial charge in [0.15, 0.2) is 9.84 Å². The third kappa shape index (κ3) is 4.08. The van der Waals surface area contributed by atoms with Crippen molar-refractivity contribution in [1.29, 1.82) is 0 Å². The number of nitrogens with zero attached hydrogens (tertiary/aromatic N) is 1. The zero-order valence-electron chi connectivity index (χ0n) is 14.6. The first-order valence-electron chi connectivity index (χ1n) is 8.46. The Morgan fingerprint density at radius 2 is 1.54 bits per heavy atom. The summed E-state index contributed by atoms with van der Waals surface area (Å²) in [6.07, 6.45) is -4.87. The largest absolute Gasteiger partial charge is 0.417 e. The molecule has 0 bridgehead atoms. The van der Waals surface area contributed by atoms with Crippen molar-refractivity contribution >= 4 is 19.9 Å². The molecule has 3 rings (SSSR count). The third-order valence-corrected chi connectivity index (χ3v) is 8.76. The summed E-state index contributed by atoms with van der Waals surface area (Å²) in [6, 6.07) is 12.3. The monoisotopic (exact) mass is 433 g/mol. The zero-order valence-corrected chi connectivity index (χ0v) is 16.3. The van der Waals surface area contributed by atoms with Gasteiger partial charge >= 0.3 is 6.18 Å². The summed E-state index contributed by atoms with van der Waals surface area (Å²) in [5, 5.41) is -0.897. The maximum absolute atomic E-state index is 13.3. The average molecular weight is 433 g/mol. The lowest BCUT2D eigenvalue weighted by Gasteiger charge is -2.22. The number of sulfone groups is 1. The number of halogens is 3. The van der Waals surface area contributed by atoms with Crippen molar-refractivity contribution in [1.82, 2.24) is 4.31 Å². The SMILES string of the molecule is O=S1(=O)CCN(S(=O)(=O)c2ccccc2C(F)(F)F)CC[C@@H]1c1ccccc1. The normalized spacial score (nSPS) is 21.2.